The molecule has 0 aromatic rings. The summed E-state index contributed by atoms with van der Waals surface area (Å²) < 4.78 is 21.8. The average molecular weight is 263 g/mol. The Labute approximate surface area is 105 Å². The lowest BCUT2D eigenvalue weighted by molar-refractivity contribution is 0.182. The molecule has 0 bridgehead atoms. The van der Waals surface area contributed by atoms with Crippen molar-refractivity contribution in [1.29, 1.82) is 0 Å². The van der Waals surface area contributed by atoms with E-state index >= 15 is 0 Å². The zero-order chi connectivity index (χ0) is 12.9. The van der Waals surface area contributed by atoms with Crippen LogP contribution < -0.4 is 10.5 Å². The smallest absolute Gasteiger partial charge is 0.210 e. The molecule has 0 spiro atoms. The number of hydrogen-bond donors (Lipinski definition) is 2. The third kappa shape index (κ3) is 5.81. The van der Waals surface area contributed by atoms with Gasteiger partial charge in [-0.3, -0.25) is 0 Å². The maximum absolute atomic E-state index is 10.9. The van der Waals surface area contributed by atoms with E-state index < -0.39 is 10.0 Å². The van der Waals surface area contributed by atoms with Gasteiger partial charge in [-0.2, -0.15) is 0 Å². The molecule has 0 radical (unpaired) electrons. The minimum atomic E-state index is -3.33. The average Bonchev–Trinajstić information content (AvgIpc) is 2.26. The van der Waals surface area contributed by atoms with Crippen LogP contribution in [0.25, 0.3) is 0 Å². The fourth-order valence-corrected chi connectivity index (χ4v) is 3.01. The minimum absolute atomic E-state index is 0.0522. The van der Waals surface area contributed by atoms with Gasteiger partial charge in [0.1, 0.15) is 0 Å². The number of nitrogens with two attached hydrogens (primary N) is 1. The lowest BCUT2D eigenvalue weighted by atomic mass is 9.90. The molecule has 17 heavy (non-hydrogen) atoms. The van der Waals surface area contributed by atoms with E-state index in [9.17, 15) is 8.42 Å². The predicted molar refractivity (Wildman–Crippen MR) is 70.3 cm³/mol. The Morgan fingerprint density at radius 3 is 2.35 bits per heavy atom. The summed E-state index contributed by atoms with van der Waals surface area (Å²) in [4.78, 5) is 2.13. The summed E-state index contributed by atoms with van der Waals surface area (Å²) in [6, 6.07) is 1.15. The third-order valence-electron chi connectivity index (χ3n) is 3.54. The summed E-state index contributed by atoms with van der Waals surface area (Å²) in [5.41, 5.74) is 0. The quantitative estimate of drug-likeness (QED) is 0.714. The van der Waals surface area contributed by atoms with Crippen molar-refractivity contribution in [3.63, 3.8) is 0 Å². The van der Waals surface area contributed by atoms with Crippen LogP contribution in [-0.2, 0) is 10.0 Å². The monoisotopic (exact) mass is 263 g/mol. The minimum Gasteiger partial charge on any atom is -0.314 e. The normalized spacial score (nSPS) is 26.4. The lowest BCUT2D eigenvalue weighted by Crippen LogP contribution is -2.42. The Kier molecular flexibility index (Phi) is 5.85. The molecule has 1 fully saturated rings. The molecule has 0 aromatic heterocycles. The molecule has 1 saturated carbocycles. The number of rotatable bonds is 6. The first kappa shape index (κ1) is 14.9. The summed E-state index contributed by atoms with van der Waals surface area (Å²) in [6.07, 6.45) is 4.63. The van der Waals surface area contributed by atoms with Gasteiger partial charge in [-0.1, -0.05) is 6.92 Å². The fourth-order valence-electron chi connectivity index (χ4n) is 2.46. The van der Waals surface area contributed by atoms with Crippen molar-refractivity contribution in [1.82, 2.24) is 10.2 Å². The fraction of sp³-hybridized carbons (Fsp3) is 1.00. The SMILES string of the molecule is CCNC1CCC(N(C)CCS(N)(=O)=O)CC1. The van der Waals surface area contributed by atoms with E-state index in [0.29, 0.717) is 18.6 Å². The molecule has 0 aromatic carbocycles. The number of sulfonamides is 1. The van der Waals surface area contributed by atoms with Crippen LogP contribution in [0.1, 0.15) is 32.6 Å². The van der Waals surface area contributed by atoms with Crippen molar-refractivity contribution >= 4 is 10.0 Å². The number of hydrogen-bond acceptors (Lipinski definition) is 4. The van der Waals surface area contributed by atoms with Gasteiger partial charge < -0.3 is 10.2 Å². The van der Waals surface area contributed by atoms with Gasteiger partial charge in [-0.15, -0.1) is 0 Å². The first-order chi connectivity index (χ1) is 7.92. The topological polar surface area (TPSA) is 75.4 Å². The van der Waals surface area contributed by atoms with Crippen LogP contribution >= 0.6 is 0 Å². The van der Waals surface area contributed by atoms with Gasteiger partial charge in [-0.25, -0.2) is 13.6 Å². The van der Waals surface area contributed by atoms with Gasteiger partial charge in [0.2, 0.25) is 10.0 Å². The molecule has 0 unspecified atom stereocenters. The maximum atomic E-state index is 10.9. The van der Waals surface area contributed by atoms with E-state index in [1.807, 2.05) is 7.05 Å². The van der Waals surface area contributed by atoms with E-state index in [1.165, 1.54) is 12.8 Å². The highest BCUT2D eigenvalue weighted by Gasteiger charge is 2.23. The number of primary sulfonamides is 1. The Hall–Kier alpha value is -0.170. The van der Waals surface area contributed by atoms with Crippen LogP contribution in [-0.4, -0.2) is 51.3 Å². The molecule has 3 N–H and O–H groups in total. The maximum Gasteiger partial charge on any atom is 0.210 e. The van der Waals surface area contributed by atoms with Crippen LogP contribution in [0, 0.1) is 0 Å². The Bertz CT molecular complexity index is 311. The highest BCUT2D eigenvalue weighted by Crippen LogP contribution is 2.22. The van der Waals surface area contributed by atoms with E-state index in [-0.39, 0.29) is 5.75 Å². The van der Waals surface area contributed by atoms with Crippen molar-refractivity contribution in [3.8, 4) is 0 Å². The highest BCUT2D eigenvalue weighted by atomic mass is 32.2. The number of nitrogens with zero attached hydrogens (tertiary/aromatic N) is 1. The lowest BCUT2D eigenvalue weighted by Gasteiger charge is -2.34. The zero-order valence-corrected chi connectivity index (χ0v) is 11.7. The van der Waals surface area contributed by atoms with E-state index in [1.54, 1.807) is 0 Å². The Morgan fingerprint density at radius 1 is 1.29 bits per heavy atom. The predicted octanol–water partition coefficient (Wildman–Crippen LogP) is 0.127. The van der Waals surface area contributed by atoms with Crippen LogP contribution in [0.3, 0.4) is 0 Å². The first-order valence-corrected chi connectivity index (χ1v) is 8.08. The van der Waals surface area contributed by atoms with Crippen LogP contribution in [0.15, 0.2) is 0 Å². The first-order valence-electron chi connectivity index (χ1n) is 6.36. The summed E-state index contributed by atoms with van der Waals surface area (Å²) in [5, 5.41) is 8.48. The molecule has 0 aliphatic heterocycles. The zero-order valence-electron chi connectivity index (χ0n) is 10.9. The largest absolute Gasteiger partial charge is 0.314 e. The van der Waals surface area contributed by atoms with Gasteiger partial charge in [-0.05, 0) is 39.3 Å². The Morgan fingerprint density at radius 2 is 1.88 bits per heavy atom. The summed E-state index contributed by atoms with van der Waals surface area (Å²) in [6.45, 7) is 3.69. The Balaban J connectivity index is 2.28. The van der Waals surface area contributed by atoms with Crippen LogP contribution in [0.4, 0.5) is 0 Å². The van der Waals surface area contributed by atoms with Crippen molar-refractivity contribution in [2.75, 3.05) is 25.9 Å². The van der Waals surface area contributed by atoms with E-state index in [2.05, 4.69) is 17.1 Å². The second kappa shape index (κ2) is 6.68. The van der Waals surface area contributed by atoms with Crippen molar-refractivity contribution in [2.45, 2.75) is 44.7 Å². The summed E-state index contributed by atoms with van der Waals surface area (Å²) >= 11 is 0. The van der Waals surface area contributed by atoms with Crippen LogP contribution in [0.2, 0.25) is 0 Å². The molecule has 0 heterocycles. The molecular formula is C11H25N3O2S. The van der Waals surface area contributed by atoms with Gasteiger partial charge in [0.15, 0.2) is 0 Å². The molecule has 1 aliphatic carbocycles. The van der Waals surface area contributed by atoms with Gasteiger partial charge in [0.25, 0.3) is 0 Å². The third-order valence-corrected chi connectivity index (χ3v) is 4.29. The second-order valence-corrected chi connectivity index (χ2v) is 6.64. The van der Waals surface area contributed by atoms with Crippen molar-refractivity contribution in [2.24, 2.45) is 5.14 Å². The molecule has 6 heteroatoms. The standard InChI is InChI=1S/C11H25N3O2S/c1-3-13-10-4-6-11(7-5-10)14(2)8-9-17(12,15)16/h10-11,13H,3-9H2,1-2H3,(H2,12,15,16). The molecular weight excluding hydrogens is 238 g/mol. The van der Waals surface area contributed by atoms with Gasteiger partial charge in [0.05, 0.1) is 5.75 Å². The molecule has 102 valence electrons. The molecule has 0 atom stereocenters. The summed E-state index contributed by atoms with van der Waals surface area (Å²) in [7, 11) is -1.34. The molecule has 1 rings (SSSR count). The number of nitrogens with one attached hydrogen (secondary N) is 1. The summed E-state index contributed by atoms with van der Waals surface area (Å²) in [5.74, 6) is 0.0522. The van der Waals surface area contributed by atoms with E-state index in [4.69, 9.17) is 5.14 Å². The van der Waals surface area contributed by atoms with Crippen LogP contribution in [0.5, 0.6) is 0 Å². The van der Waals surface area contributed by atoms with Gasteiger partial charge >= 0.3 is 0 Å². The van der Waals surface area contributed by atoms with Crippen molar-refractivity contribution in [3.05, 3.63) is 0 Å². The second-order valence-electron chi connectivity index (χ2n) is 4.91. The highest BCUT2D eigenvalue weighted by molar-refractivity contribution is 7.89. The van der Waals surface area contributed by atoms with E-state index in [0.717, 1.165) is 19.4 Å². The molecule has 0 saturated heterocycles. The van der Waals surface area contributed by atoms with Gasteiger partial charge in [0, 0.05) is 18.6 Å². The molecule has 5 nitrogen and oxygen atoms in total. The van der Waals surface area contributed by atoms with Crippen molar-refractivity contribution < 1.29 is 8.42 Å². The molecule has 0 amide bonds. The molecule has 1 aliphatic rings.